The van der Waals surface area contributed by atoms with Crippen molar-refractivity contribution >= 4 is 25.3 Å². The third kappa shape index (κ3) is 8.27. The summed E-state index contributed by atoms with van der Waals surface area (Å²) in [5.74, 6) is -0.484. The number of esters is 1. The quantitative estimate of drug-likeness (QED) is 0.286. The second kappa shape index (κ2) is 10.4. The first-order chi connectivity index (χ1) is 13.0. The molecule has 1 unspecified atom stereocenters. The lowest BCUT2D eigenvalue weighted by atomic mass is 10.1. The number of hydrogen-bond acceptors (Lipinski definition) is 4. The van der Waals surface area contributed by atoms with E-state index in [4.69, 9.17) is 9.57 Å². The van der Waals surface area contributed by atoms with Crippen LogP contribution in [0.5, 0.6) is 0 Å². The van der Waals surface area contributed by atoms with E-state index in [0.717, 1.165) is 11.6 Å². The Balaban J connectivity index is 2.69. The number of urea groups is 1. The number of aryl methyl sites for hydroxylation is 1. The highest BCUT2D eigenvalue weighted by molar-refractivity contribution is 6.90. The molecule has 2 amide bonds. The highest BCUT2D eigenvalue weighted by Gasteiger charge is 2.23. The van der Waals surface area contributed by atoms with Gasteiger partial charge in [0.1, 0.15) is 6.04 Å². The van der Waals surface area contributed by atoms with Gasteiger partial charge in [-0.15, -0.1) is 6.58 Å². The molecule has 0 spiro atoms. The Bertz CT molecular complexity index is 666. The molecule has 2 N–H and O–H groups in total. The molecule has 6 nitrogen and oxygen atoms in total. The van der Waals surface area contributed by atoms with Crippen LogP contribution in [-0.2, 0) is 20.8 Å². The van der Waals surface area contributed by atoms with E-state index >= 15 is 0 Å². The van der Waals surface area contributed by atoms with Gasteiger partial charge in [-0.1, -0.05) is 48.6 Å². The third-order valence-corrected chi connectivity index (χ3v) is 7.56. The molecule has 0 fully saturated rings. The summed E-state index contributed by atoms with van der Waals surface area (Å²) in [6.07, 6.45) is 3.06. The second-order valence-electron chi connectivity index (χ2n) is 8.48. The van der Waals surface area contributed by atoms with Crippen molar-refractivity contribution in [1.82, 2.24) is 10.8 Å². The summed E-state index contributed by atoms with van der Waals surface area (Å²) in [4.78, 5) is 29.2. The van der Waals surface area contributed by atoms with Crippen LogP contribution in [0.15, 0.2) is 36.9 Å². The Morgan fingerprint density at radius 1 is 1.21 bits per heavy atom. The van der Waals surface area contributed by atoms with Crippen molar-refractivity contribution in [2.75, 3.05) is 7.11 Å². The lowest BCUT2D eigenvalue weighted by molar-refractivity contribution is -0.143. The number of allylic oxidation sites excluding steroid dienone is 1. The summed E-state index contributed by atoms with van der Waals surface area (Å²) in [5.41, 5.74) is 2.89. The SMILES string of the molecule is C=CC[Si](C)(C)c1ccc(CCC(NC(=O)NOC(C)(C)C)C(=O)OC)cc1. The van der Waals surface area contributed by atoms with Crippen molar-refractivity contribution in [2.45, 2.75) is 64.4 Å². The summed E-state index contributed by atoms with van der Waals surface area (Å²) < 4.78 is 4.81. The van der Waals surface area contributed by atoms with Gasteiger partial charge in [-0.05, 0) is 45.2 Å². The molecular formula is C21H34N2O4Si. The molecule has 1 aromatic carbocycles. The highest BCUT2D eigenvalue weighted by atomic mass is 28.3. The molecule has 1 aromatic rings. The fourth-order valence-electron chi connectivity index (χ4n) is 2.69. The van der Waals surface area contributed by atoms with Gasteiger partial charge >= 0.3 is 12.0 Å². The molecule has 1 rings (SSSR count). The minimum Gasteiger partial charge on any atom is -0.467 e. The first kappa shape index (κ1) is 23.9. The van der Waals surface area contributed by atoms with E-state index in [-0.39, 0.29) is 0 Å². The van der Waals surface area contributed by atoms with Gasteiger partial charge in [-0.25, -0.2) is 15.1 Å². The van der Waals surface area contributed by atoms with Crippen LogP contribution < -0.4 is 16.0 Å². The predicted molar refractivity (Wildman–Crippen MR) is 115 cm³/mol. The topological polar surface area (TPSA) is 76.7 Å². The maximum Gasteiger partial charge on any atom is 0.339 e. The Kier molecular flexibility index (Phi) is 8.91. The molecule has 0 aromatic heterocycles. The number of hydrogen-bond donors (Lipinski definition) is 2. The summed E-state index contributed by atoms with van der Waals surface area (Å²) in [6, 6.07) is 8.21. The minimum atomic E-state index is -1.49. The maximum absolute atomic E-state index is 12.0. The number of benzene rings is 1. The van der Waals surface area contributed by atoms with E-state index in [9.17, 15) is 9.59 Å². The smallest absolute Gasteiger partial charge is 0.339 e. The van der Waals surface area contributed by atoms with Crippen LogP contribution in [0.2, 0.25) is 19.1 Å². The molecule has 1 atom stereocenters. The standard InChI is InChI=1S/C21H34N2O4Si/c1-8-15-28(6,7)17-12-9-16(10-13-17)11-14-18(19(24)26-5)22-20(25)23-27-21(2,3)4/h8-10,12-13,18H,1,11,14-15H2,2-7H3,(H2,22,23,25). The van der Waals surface area contributed by atoms with Crippen LogP contribution in [-0.4, -0.2) is 38.8 Å². The number of amides is 2. The molecule has 28 heavy (non-hydrogen) atoms. The molecule has 0 bridgehead atoms. The Morgan fingerprint density at radius 2 is 1.82 bits per heavy atom. The van der Waals surface area contributed by atoms with Crippen molar-refractivity contribution in [3.63, 3.8) is 0 Å². The number of carbonyl (C=O) groups excluding carboxylic acids is 2. The van der Waals surface area contributed by atoms with Crippen LogP contribution in [0, 0.1) is 0 Å². The third-order valence-electron chi connectivity index (χ3n) is 4.35. The largest absolute Gasteiger partial charge is 0.467 e. The molecule has 0 aliphatic rings. The summed E-state index contributed by atoms with van der Waals surface area (Å²) >= 11 is 0. The molecule has 0 saturated heterocycles. The fraction of sp³-hybridized carbons (Fsp3) is 0.524. The Morgan fingerprint density at radius 3 is 2.32 bits per heavy atom. The van der Waals surface area contributed by atoms with Gasteiger partial charge in [-0.2, -0.15) is 0 Å². The number of ether oxygens (including phenoxy) is 1. The zero-order chi connectivity index (χ0) is 21.4. The minimum absolute atomic E-state index is 0.433. The summed E-state index contributed by atoms with van der Waals surface area (Å²) in [5, 5.41) is 3.98. The van der Waals surface area contributed by atoms with Crippen molar-refractivity contribution in [3.8, 4) is 0 Å². The van der Waals surface area contributed by atoms with Gasteiger partial charge in [0.2, 0.25) is 0 Å². The number of carbonyl (C=O) groups is 2. The molecule has 7 heteroatoms. The Labute approximate surface area is 169 Å². The average molecular weight is 407 g/mol. The second-order valence-corrected chi connectivity index (χ2v) is 13.2. The van der Waals surface area contributed by atoms with Crippen molar-refractivity contribution in [2.24, 2.45) is 0 Å². The molecule has 0 aliphatic heterocycles. The van der Waals surface area contributed by atoms with Crippen molar-refractivity contribution in [3.05, 3.63) is 42.5 Å². The van der Waals surface area contributed by atoms with E-state index in [1.54, 1.807) is 0 Å². The molecule has 0 heterocycles. The molecule has 0 saturated carbocycles. The first-order valence-corrected chi connectivity index (χ1v) is 12.7. The zero-order valence-electron chi connectivity index (χ0n) is 17.9. The zero-order valence-corrected chi connectivity index (χ0v) is 18.9. The van der Waals surface area contributed by atoms with E-state index in [0.29, 0.717) is 12.8 Å². The fourth-order valence-corrected chi connectivity index (χ4v) is 4.72. The van der Waals surface area contributed by atoms with Crippen LogP contribution in [0.3, 0.4) is 0 Å². The van der Waals surface area contributed by atoms with Gasteiger partial charge in [-0.3, -0.25) is 4.84 Å². The monoisotopic (exact) mass is 406 g/mol. The molecule has 0 aliphatic carbocycles. The van der Waals surface area contributed by atoms with E-state index in [1.165, 1.54) is 12.3 Å². The normalized spacial score (nSPS) is 12.8. The van der Waals surface area contributed by atoms with Crippen LogP contribution in [0.4, 0.5) is 4.79 Å². The Hall–Kier alpha value is -2.12. The van der Waals surface area contributed by atoms with Crippen molar-refractivity contribution < 1.29 is 19.2 Å². The summed E-state index contributed by atoms with van der Waals surface area (Å²) in [6.45, 7) is 13.9. The number of nitrogens with one attached hydrogen (secondary N) is 2. The van der Waals surface area contributed by atoms with Crippen molar-refractivity contribution in [1.29, 1.82) is 0 Å². The summed E-state index contributed by atoms with van der Waals surface area (Å²) in [7, 11) is -0.181. The molecule has 0 radical (unpaired) electrons. The lowest BCUT2D eigenvalue weighted by Gasteiger charge is -2.22. The van der Waals surface area contributed by atoms with Crippen LogP contribution in [0.25, 0.3) is 0 Å². The van der Waals surface area contributed by atoms with E-state index in [2.05, 4.69) is 54.7 Å². The van der Waals surface area contributed by atoms with E-state index < -0.39 is 31.7 Å². The highest BCUT2D eigenvalue weighted by Crippen LogP contribution is 2.12. The van der Waals surface area contributed by atoms with Gasteiger partial charge < -0.3 is 10.1 Å². The average Bonchev–Trinajstić information content (AvgIpc) is 2.62. The molecule has 156 valence electrons. The molecular weight excluding hydrogens is 372 g/mol. The predicted octanol–water partition coefficient (Wildman–Crippen LogP) is 3.29. The van der Waals surface area contributed by atoms with Crippen LogP contribution >= 0.6 is 0 Å². The van der Waals surface area contributed by atoms with Gasteiger partial charge in [0, 0.05) is 0 Å². The van der Waals surface area contributed by atoms with Gasteiger partial charge in [0.05, 0.1) is 20.8 Å². The number of methoxy groups -OCH3 is 1. The van der Waals surface area contributed by atoms with E-state index in [1.807, 2.05) is 26.8 Å². The van der Waals surface area contributed by atoms with Gasteiger partial charge in [0.25, 0.3) is 0 Å². The first-order valence-electron chi connectivity index (χ1n) is 9.51. The van der Waals surface area contributed by atoms with Crippen LogP contribution in [0.1, 0.15) is 32.8 Å². The van der Waals surface area contributed by atoms with Gasteiger partial charge in [0.15, 0.2) is 0 Å². The number of hydroxylamine groups is 1. The lowest BCUT2D eigenvalue weighted by Crippen LogP contribution is -2.48. The number of rotatable bonds is 9. The maximum atomic E-state index is 12.0.